The smallest absolute Gasteiger partial charge is 0.253 e. The van der Waals surface area contributed by atoms with Gasteiger partial charge in [-0.1, -0.05) is 18.2 Å². The van der Waals surface area contributed by atoms with E-state index in [4.69, 9.17) is 0 Å². The van der Waals surface area contributed by atoms with Gasteiger partial charge in [-0.25, -0.2) is 8.78 Å². The fourth-order valence-electron chi connectivity index (χ4n) is 2.61. The Morgan fingerprint density at radius 1 is 0.864 bits per heavy atom. The van der Waals surface area contributed by atoms with Crippen molar-refractivity contribution >= 4 is 11.6 Å². The van der Waals surface area contributed by atoms with E-state index in [0.29, 0.717) is 37.4 Å². The first kappa shape index (κ1) is 14.5. The minimum atomic E-state index is -0.847. The molecule has 0 unspecified atom stereocenters. The SMILES string of the molecule is O=C(c1ccccc1)N1CCN(c2ccc(F)c(F)c2)CC1. The number of hydrogen-bond acceptors (Lipinski definition) is 2. The van der Waals surface area contributed by atoms with Gasteiger partial charge in [0.2, 0.25) is 0 Å². The van der Waals surface area contributed by atoms with E-state index >= 15 is 0 Å². The number of piperazine rings is 1. The first-order valence-corrected chi connectivity index (χ1v) is 7.19. The van der Waals surface area contributed by atoms with Crippen LogP contribution in [-0.4, -0.2) is 37.0 Å². The number of amides is 1. The highest BCUT2D eigenvalue weighted by molar-refractivity contribution is 5.94. The van der Waals surface area contributed by atoms with Gasteiger partial charge in [-0.05, 0) is 24.3 Å². The van der Waals surface area contributed by atoms with E-state index in [9.17, 15) is 13.6 Å². The lowest BCUT2D eigenvalue weighted by Crippen LogP contribution is -2.48. The van der Waals surface area contributed by atoms with Crippen LogP contribution in [0, 0.1) is 11.6 Å². The fraction of sp³-hybridized carbons (Fsp3) is 0.235. The van der Waals surface area contributed by atoms with Gasteiger partial charge in [-0.15, -0.1) is 0 Å². The van der Waals surface area contributed by atoms with Crippen LogP contribution in [-0.2, 0) is 0 Å². The van der Waals surface area contributed by atoms with E-state index in [1.165, 1.54) is 6.07 Å². The molecule has 0 aliphatic carbocycles. The zero-order valence-electron chi connectivity index (χ0n) is 12.0. The second-order valence-corrected chi connectivity index (χ2v) is 5.24. The third kappa shape index (κ3) is 2.93. The zero-order valence-corrected chi connectivity index (χ0v) is 12.0. The molecule has 0 N–H and O–H groups in total. The molecule has 1 aliphatic heterocycles. The summed E-state index contributed by atoms with van der Waals surface area (Å²) in [5, 5.41) is 0. The second kappa shape index (κ2) is 6.13. The Morgan fingerprint density at radius 2 is 1.55 bits per heavy atom. The number of benzene rings is 2. The minimum Gasteiger partial charge on any atom is -0.368 e. The third-order valence-electron chi connectivity index (χ3n) is 3.86. The first-order valence-electron chi connectivity index (χ1n) is 7.19. The Morgan fingerprint density at radius 3 is 2.18 bits per heavy atom. The molecule has 1 saturated heterocycles. The molecule has 0 atom stereocenters. The Balaban J connectivity index is 1.65. The van der Waals surface area contributed by atoms with E-state index in [0.717, 1.165) is 6.07 Å². The van der Waals surface area contributed by atoms with Gasteiger partial charge in [0.05, 0.1) is 0 Å². The molecule has 0 bridgehead atoms. The Hall–Kier alpha value is -2.43. The molecule has 1 heterocycles. The van der Waals surface area contributed by atoms with E-state index in [-0.39, 0.29) is 5.91 Å². The van der Waals surface area contributed by atoms with Crippen molar-refractivity contribution in [2.24, 2.45) is 0 Å². The molecule has 1 amide bonds. The van der Waals surface area contributed by atoms with Crippen LogP contribution in [0.5, 0.6) is 0 Å². The predicted molar refractivity (Wildman–Crippen MR) is 80.9 cm³/mol. The molecule has 1 fully saturated rings. The van der Waals surface area contributed by atoms with Crippen LogP contribution >= 0.6 is 0 Å². The van der Waals surface area contributed by atoms with Crippen molar-refractivity contribution in [3.8, 4) is 0 Å². The topological polar surface area (TPSA) is 23.6 Å². The Bertz CT molecular complexity index is 668. The third-order valence-corrected chi connectivity index (χ3v) is 3.86. The van der Waals surface area contributed by atoms with Gasteiger partial charge in [0.15, 0.2) is 11.6 Å². The minimum absolute atomic E-state index is 0.00513. The molecule has 2 aromatic carbocycles. The average molecular weight is 302 g/mol. The monoisotopic (exact) mass is 302 g/mol. The number of anilines is 1. The summed E-state index contributed by atoms with van der Waals surface area (Å²) in [5.74, 6) is -1.69. The molecular weight excluding hydrogens is 286 g/mol. The Labute approximate surface area is 127 Å². The van der Waals surface area contributed by atoms with Crippen molar-refractivity contribution in [1.29, 1.82) is 0 Å². The van der Waals surface area contributed by atoms with Gasteiger partial charge in [0, 0.05) is 43.5 Å². The summed E-state index contributed by atoms with van der Waals surface area (Å²) in [7, 11) is 0. The molecule has 22 heavy (non-hydrogen) atoms. The summed E-state index contributed by atoms with van der Waals surface area (Å²) in [6.45, 7) is 2.33. The molecule has 0 saturated carbocycles. The van der Waals surface area contributed by atoms with Crippen LogP contribution in [0.25, 0.3) is 0 Å². The van der Waals surface area contributed by atoms with Gasteiger partial charge in [0.25, 0.3) is 5.91 Å². The maximum atomic E-state index is 13.3. The van der Waals surface area contributed by atoms with Crippen LogP contribution < -0.4 is 4.90 Å². The highest BCUT2D eigenvalue weighted by atomic mass is 19.2. The molecule has 3 nitrogen and oxygen atoms in total. The summed E-state index contributed by atoms with van der Waals surface area (Å²) in [6, 6.07) is 13.0. The second-order valence-electron chi connectivity index (χ2n) is 5.24. The predicted octanol–water partition coefficient (Wildman–Crippen LogP) is 2.93. The number of carbonyl (C=O) groups excluding carboxylic acids is 1. The summed E-state index contributed by atoms with van der Waals surface area (Å²) in [6.07, 6.45) is 0. The molecule has 0 aromatic heterocycles. The van der Waals surface area contributed by atoms with Gasteiger partial charge in [0.1, 0.15) is 0 Å². The highest BCUT2D eigenvalue weighted by Gasteiger charge is 2.22. The lowest BCUT2D eigenvalue weighted by Gasteiger charge is -2.36. The van der Waals surface area contributed by atoms with Gasteiger partial charge in [-0.3, -0.25) is 4.79 Å². The quantitative estimate of drug-likeness (QED) is 0.851. The Kier molecular flexibility index (Phi) is 4.04. The number of halogens is 2. The number of hydrogen-bond donors (Lipinski definition) is 0. The van der Waals surface area contributed by atoms with Crippen LogP contribution in [0.4, 0.5) is 14.5 Å². The van der Waals surface area contributed by atoms with E-state index in [1.807, 2.05) is 23.1 Å². The van der Waals surface area contributed by atoms with E-state index in [1.54, 1.807) is 23.1 Å². The standard InChI is InChI=1S/C17H16F2N2O/c18-15-7-6-14(12-16(15)19)20-8-10-21(11-9-20)17(22)13-4-2-1-3-5-13/h1-7,12H,8-11H2. The van der Waals surface area contributed by atoms with Crippen molar-refractivity contribution in [1.82, 2.24) is 4.90 Å². The molecular formula is C17H16F2N2O. The van der Waals surface area contributed by atoms with Gasteiger partial charge in [-0.2, -0.15) is 0 Å². The number of rotatable bonds is 2. The molecule has 1 aliphatic rings. The maximum absolute atomic E-state index is 13.3. The summed E-state index contributed by atoms with van der Waals surface area (Å²) >= 11 is 0. The van der Waals surface area contributed by atoms with Crippen LogP contribution in [0.15, 0.2) is 48.5 Å². The van der Waals surface area contributed by atoms with Crippen molar-refractivity contribution in [3.05, 3.63) is 65.7 Å². The van der Waals surface area contributed by atoms with Crippen molar-refractivity contribution in [2.75, 3.05) is 31.1 Å². The summed E-state index contributed by atoms with van der Waals surface area (Å²) in [4.78, 5) is 16.1. The maximum Gasteiger partial charge on any atom is 0.253 e. The molecule has 3 rings (SSSR count). The first-order chi connectivity index (χ1) is 10.6. The van der Waals surface area contributed by atoms with Crippen LogP contribution in [0.3, 0.4) is 0 Å². The normalized spacial score (nSPS) is 15.0. The number of nitrogens with zero attached hydrogens (tertiary/aromatic N) is 2. The summed E-state index contributed by atoms with van der Waals surface area (Å²) in [5.41, 5.74) is 1.31. The summed E-state index contributed by atoms with van der Waals surface area (Å²) < 4.78 is 26.3. The molecule has 5 heteroatoms. The lowest BCUT2D eigenvalue weighted by molar-refractivity contribution is 0.0747. The average Bonchev–Trinajstić information content (AvgIpc) is 2.58. The van der Waals surface area contributed by atoms with Crippen LogP contribution in [0.2, 0.25) is 0 Å². The fourth-order valence-corrected chi connectivity index (χ4v) is 2.61. The van der Waals surface area contributed by atoms with Gasteiger partial charge < -0.3 is 9.80 Å². The largest absolute Gasteiger partial charge is 0.368 e. The van der Waals surface area contributed by atoms with Gasteiger partial charge >= 0.3 is 0 Å². The molecule has 114 valence electrons. The molecule has 0 spiro atoms. The van der Waals surface area contributed by atoms with Crippen molar-refractivity contribution in [2.45, 2.75) is 0 Å². The van der Waals surface area contributed by atoms with Crippen molar-refractivity contribution < 1.29 is 13.6 Å². The number of carbonyl (C=O) groups is 1. The molecule has 0 radical (unpaired) electrons. The van der Waals surface area contributed by atoms with E-state index < -0.39 is 11.6 Å². The van der Waals surface area contributed by atoms with E-state index in [2.05, 4.69) is 0 Å². The lowest BCUT2D eigenvalue weighted by atomic mass is 10.1. The van der Waals surface area contributed by atoms with Crippen LogP contribution in [0.1, 0.15) is 10.4 Å². The molecule has 2 aromatic rings. The zero-order chi connectivity index (χ0) is 15.5. The highest BCUT2D eigenvalue weighted by Crippen LogP contribution is 2.20. The van der Waals surface area contributed by atoms with Crippen molar-refractivity contribution in [3.63, 3.8) is 0 Å².